The lowest BCUT2D eigenvalue weighted by atomic mass is 9.96. The zero-order valence-corrected chi connectivity index (χ0v) is 16.2. The van der Waals surface area contributed by atoms with Crippen LogP contribution in [-0.2, 0) is 0 Å². The van der Waals surface area contributed by atoms with Crippen LogP contribution in [-0.4, -0.2) is 37.0 Å². The van der Waals surface area contributed by atoms with Crippen LogP contribution in [0.3, 0.4) is 0 Å². The summed E-state index contributed by atoms with van der Waals surface area (Å²) >= 11 is 0. The molecule has 2 rings (SSSR count). The second kappa shape index (κ2) is 11.3. The zero-order valence-electron chi connectivity index (χ0n) is 16.2. The van der Waals surface area contributed by atoms with Crippen LogP contribution in [0, 0.1) is 12.8 Å². The fourth-order valence-corrected chi connectivity index (χ4v) is 3.74. The summed E-state index contributed by atoms with van der Waals surface area (Å²) in [6, 6.07) is 7.85. The fraction of sp³-hybridized carbons (Fsp3) is 0.682. The molecule has 1 saturated heterocycles. The second-order valence-electron chi connectivity index (χ2n) is 7.58. The predicted molar refractivity (Wildman–Crippen MR) is 106 cm³/mol. The highest BCUT2D eigenvalue weighted by atomic mass is 16.1. The van der Waals surface area contributed by atoms with Crippen LogP contribution in [0.15, 0.2) is 24.3 Å². The van der Waals surface area contributed by atoms with Crippen LogP contribution >= 0.6 is 0 Å². The Labute approximate surface area is 154 Å². The first-order chi connectivity index (χ1) is 12.2. The first-order valence-corrected chi connectivity index (χ1v) is 10.3. The van der Waals surface area contributed by atoms with Crippen molar-refractivity contribution in [2.24, 2.45) is 5.92 Å². The number of benzene rings is 1. The van der Waals surface area contributed by atoms with E-state index in [2.05, 4.69) is 17.1 Å². The number of likely N-dealkylation sites (tertiary alicyclic amines) is 1. The molecule has 0 saturated carbocycles. The van der Waals surface area contributed by atoms with Crippen molar-refractivity contribution in [3.63, 3.8) is 0 Å². The summed E-state index contributed by atoms with van der Waals surface area (Å²) in [7, 11) is 0. The van der Waals surface area contributed by atoms with Crippen molar-refractivity contribution in [1.82, 2.24) is 10.2 Å². The number of hydrogen-bond donors (Lipinski definition) is 1. The van der Waals surface area contributed by atoms with Crippen molar-refractivity contribution < 1.29 is 4.79 Å². The fourth-order valence-electron chi connectivity index (χ4n) is 3.74. The van der Waals surface area contributed by atoms with Crippen LogP contribution in [0.4, 0.5) is 0 Å². The molecule has 1 aromatic carbocycles. The first kappa shape index (κ1) is 20.0. The summed E-state index contributed by atoms with van der Waals surface area (Å²) in [6.07, 6.45) is 10.4. The molecule has 0 radical (unpaired) electrons. The number of nitrogens with one attached hydrogen (secondary N) is 1. The highest BCUT2D eigenvalue weighted by Crippen LogP contribution is 2.17. The molecule has 1 heterocycles. The van der Waals surface area contributed by atoms with E-state index in [1.807, 2.05) is 31.2 Å². The average molecular weight is 345 g/mol. The summed E-state index contributed by atoms with van der Waals surface area (Å²) in [4.78, 5) is 15.1. The van der Waals surface area contributed by atoms with E-state index in [-0.39, 0.29) is 5.91 Å². The smallest absolute Gasteiger partial charge is 0.251 e. The van der Waals surface area contributed by atoms with Gasteiger partial charge in [-0.1, -0.05) is 50.8 Å². The van der Waals surface area contributed by atoms with Gasteiger partial charge in [0.25, 0.3) is 5.91 Å². The maximum atomic E-state index is 12.5. The van der Waals surface area contributed by atoms with Crippen molar-refractivity contribution in [2.75, 3.05) is 26.2 Å². The minimum atomic E-state index is 0.0802. The Morgan fingerprint density at radius 3 is 2.60 bits per heavy atom. The summed E-state index contributed by atoms with van der Waals surface area (Å²) in [5.74, 6) is 0.679. The van der Waals surface area contributed by atoms with Crippen molar-refractivity contribution in [3.05, 3.63) is 35.4 Å². The Morgan fingerprint density at radius 2 is 1.88 bits per heavy atom. The standard InChI is InChI=1S/C22H36N2O/c1-3-4-6-12-20(14-17-24-15-9-5-10-16-24)18-23-22(25)21-13-8-7-11-19(21)2/h7-8,11,13,20H,3-6,9-10,12,14-18H2,1-2H3,(H,23,25). The van der Waals surface area contributed by atoms with E-state index >= 15 is 0 Å². The summed E-state index contributed by atoms with van der Waals surface area (Å²) in [5, 5.41) is 3.20. The molecule has 0 spiro atoms. The Bertz CT molecular complexity index is 509. The highest BCUT2D eigenvalue weighted by Gasteiger charge is 2.16. The molecule has 1 N–H and O–H groups in total. The predicted octanol–water partition coefficient (Wildman–Crippen LogP) is 4.80. The van der Waals surface area contributed by atoms with E-state index in [0.29, 0.717) is 5.92 Å². The Balaban J connectivity index is 1.81. The van der Waals surface area contributed by atoms with E-state index in [9.17, 15) is 4.79 Å². The SMILES string of the molecule is CCCCCC(CCN1CCCCC1)CNC(=O)c1ccccc1C. The van der Waals surface area contributed by atoms with Gasteiger partial charge in [0.1, 0.15) is 0 Å². The zero-order chi connectivity index (χ0) is 17.9. The molecule has 0 aromatic heterocycles. The Hall–Kier alpha value is -1.35. The largest absolute Gasteiger partial charge is 0.352 e. The molecule has 140 valence electrons. The monoisotopic (exact) mass is 344 g/mol. The van der Waals surface area contributed by atoms with E-state index in [1.54, 1.807) is 0 Å². The molecule has 1 aliphatic heterocycles. The van der Waals surface area contributed by atoms with Gasteiger partial charge in [-0.2, -0.15) is 0 Å². The topological polar surface area (TPSA) is 32.3 Å². The molecule has 0 bridgehead atoms. The number of piperidine rings is 1. The van der Waals surface area contributed by atoms with E-state index in [1.165, 1.54) is 71.0 Å². The third-order valence-electron chi connectivity index (χ3n) is 5.46. The van der Waals surface area contributed by atoms with E-state index in [0.717, 1.165) is 17.7 Å². The number of rotatable bonds is 10. The lowest BCUT2D eigenvalue weighted by Gasteiger charge is -2.28. The molecule has 3 nitrogen and oxygen atoms in total. The van der Waals surface area contributed by atoms with Gasteiger partial charge in [0.05, 0.1) is 0 Å². The maximum absolute atomic E-state index is 12.5. The van der Waals surface area contributed by atoms with Crippen LogP contribution in [0.2, 0.25) is 0 Å². The number of unbranched alkanes of at least 4 members (excludes halogenated alkanes) is 2. The third kappa shape index (κ3) is 7.19. The van der Waals surface area contributed by atoms with Gasteiger partial charge in [-0.25, -0.2) is 0 Å². The van der Waals surface area contributed by atoms with Gasteiger partial charge >= 0.3 is 0 Å². The summed E-state index contributed by atoms with van der Waals surface area (Å²) in [6.45, 7) is 8.78. The lowest BCUT2D eigenvalue weighted by Crippen LogP contribution is -2.34. The Morgan fingerprint density at radius 1 is 1.12 bits per heavy atom. The van der Waals surface area contributed by atoms with Gasteiger partial charge in [-0.15, -0.1) is 0 Å². The minimum absolute atomic E-state index is 0.0802. The van der Waals surface area contributed by atoms with Gasteiger partial charge in [0.2, 0.25) is 0 Å². The second-order valence-corrected chi connectivity index (χ2v) is 7.58. The van der Waals surface area contributed by atoms with Crippen LogP contribution in [0.5, 0.6) is 0 Å². The molecule has 1 amide bonds. The molecule has 1 atom stereocenters. The van der Waals surface area contributed by atoms with Gasteiger partial charge in [0, 0.05) is 12.1 Å². The first-order valence-electron chi connectivity index (χ1n) is 10.3. The maximum Gasteiger partial charge on any atom is 0.251 e. The van der Waals surface area contributed by atoms with Gasteiger partial charge in [-0.05, 0) is 69.8 Å². The average Bonchev–Trinajstić information content (AvgIpc) is 2.64. The van der Waals surface area contributed by atoms with E-state index in [4.69, 9.17) is 0 Å². The number of nitrogens with zero attached hydrogens (tertiary/aromatic N) is 1. The van der Waals surface area contributed by atoms with Gasteiger partial charge in [0.15, 0.2) is 0 Å². The molecule has 25 heavy (non-hydrogen) atoms. The molecular formula is C22H36N2O. The molecule has 1 fully saturated rings. The number of carbonyl (C=O) groups excluding carboxylic acids is 1. The third-order valence-corrected chi connectivity index (χ3v) is 5.46. The van der Waals surface area contributed by atoms with Crippen molar-refractivity contribution in [3.8, 4) is 0 Å². The molecule has 0 aliphatic carbocycles. The highest BCUT2D eigenvalue weighted by molar-refractivity contribution is 5.95. The molecule has 1 aromatic rings. The Kier molecular flexibility index (Phi) is 9.03. The molecule has 1 unspecified atom stereocenters. The van der Waals surface area contributed by atoms with Crippen LogP contribution in [0.1, 0.15) is 74.2 Å². The quantitative estimate of drug-likeness (QED) is 0.619. The van der Waals surface area contributed by atoms with Crippen LogP contribution in [0.25, 0.3) is 0 Å². The number of carbonyl (C=O) groups is 1. The van der Waals surface area contributed by atoms with Crippen molar-refractivity contribution in [1.29, 1.82) is 0 Å². The van der Waals surface area contributed by atoms with Crippen molar-refractivity contribution >= 4 is 5.91 Å². The molecule has 3 heteroatoms. The minimum Gasteiger partial charge on any atom is -0.352 e. The summed E-state index contributed by atoms with van der Waals surface area (Å²) in [5.41, 5.74) is 1.86. The normalized spacial score (nSPS) is 16.6. The van der Waals surface area contributed by atoms with Gasteiger partial charge < -0.3 is 10.2 Å². The lowest BCUT2D eigenvalue weighted by molar-refractivity contribution is 0.0943. The van der Waals surface area contributed by atoms with Gasteiger partial charge in [-0.3, -0.25) is 4.79 Å². The number of aryl methyl sites for hydroxylation is 1. The van der Waals surface area contributed by atoms with Crippen LogP contribution < -0.4 is 5.32 Å². The number of hydrogen-bond acceptors (Lipinski definition) is 2. The molecule has 1 aliphatic rings. The summed E-state index contributed by atoms with van der Waals surface area (Å²) < 4.78 is 0. The van der Waals surface area contributed by atoms with Crippen molar-refractivity contribution in [2.45, 2.75) is 65.2 Å². The van der Waals surface area contributed by atoms with E-state index < -0.39 is 0 Å². The molecular weight excluding hydrogens is 308 g/mol. The number of amides is 1.